The molecule has 0 bridgehead atoms. The van der Waals surface area contributed by atoms with E-state index in [-0.39, 0.29) is 5.95 Å². The zero-order chi connectivity index (χ0) is 19.7. The number of nitrogens with one attached hydrogen (secondary N) is 3. The van der Waals surface area contributed by atoms with Crippen molar-refractivity contribution in [3.05, 3.63) is 51.8 Å². The van der Waals surface area contributed by atoms with Gasteiger partial charge in [0.2, 0.25) is 11.9 Å². The lowest BCUT2D eigenvalue weighted by Crippen LogP contribution is -2.36. The third-order valence-electron chi connectivity index (χ3n) is 4.85. The molecule has 1 atom stereocenters. The number of aromatic nitrogens is 2. The van der Waals surface area contributed by atoms with Crippen LogP contribution in [0.25, 0.3) is 0 Å². The minimum absolute atomic E-state index is 0.271. The topological polar surface area (TPSA) is 78.9 Å². The molecule has 2 aromatic rings. The summed E-state index contributed by atoms with van der Waals surface area (Å²) in [6.45, 7) is 0.604. The number of alkyl halides is 2. The minimum atomic E-state index is -2.63. The summed E-state index contributed by atoms with van der Waals surface area (Å²) in [5, 5.41) is 8.96. The molecule has 2 aliphatic rings. The predicted octanol–water partition coefficient (Wildman–Crippen LogP) is 3.15. The van der Waals surface area contributed by atoms with Crippen LogP contribution in [0.3, 0.4) is 0 Å². The van der Waals surface area contributed by atoms with E-state index < -0.39 is 24.9 Å². The number of halogens is 3. The molecule has 148 valence electrons. The van der Waals surface area contributed by atoms with Gasteiger partial charge in [-0.3, -0.25) is 4.79 Å². The zero-order valence-corrected chi connectivity index (χ0v) is 15.8. The van der Waals surface area contributed by atoms with Crippen LogP contribution < -0.4 is 16.0 Å². The summed E-state index contributed by atoms with van der Waals surface area (Å²) in [6, 6.07) is 4.52. The normalized spacial score (nSPS) is 16.7. The van der Waals surface area contributed by atoms with Crippen LogP contribution in [0.15, 0.2) is 24.4 Å². The highest BCUT2D eigenvalue weighted by Gasteiger charge is 2.28. The van der Waals surface area contributed by atoms with Gasteiger partial charge >= 0.3 is 0 Å². The van der Waals surface area contributed by atoms with E-state index >= 15 is 0 Å². The highest BCUT2D eigenvalue weighted by Crippen LogP contribution is 2.42. The number of hydrogen-bond acceptors (Lipinski definition) is 5. The summed E-state index contributed by atoms with van der Waals surface area (Å²) in [7, 11) is 0. The van der Waals surface area contributed by atoms with Gasteiger partial charge in [-0.1, -0.05) is 17.7 Å². The molecule has 1 saturated carbocycles. The fourth-order valence-electron chi connectivity index (χ4n) is 3.29. The number of nitrogens with zero attached hydrogens (tertiary/aromatic N) is 2. The van der Waals surface area contributed by atoms with Crippen molar-refractivity contribution in [2.24, 2.45) is 0 Å². The standard InChI is InChI=1S/C19H20ClF2N5O/c20-14-4-11(10-1-2-10)3-12(5-14)17(18(28)24-9-16(21)22)27-19-25-7-13-6-23-8-15(13)26-19/h3-5,7,10,16-17,23H,1-2,6,8-9H2,(H,24,28)(H,25,26,27)/t17-/m1/s1. The lowest BCUT2D eigenvalue weighted by molar-refractivity contribution is -0.122. The van der Waals surface area contributed by atoms with Crippen molar-refractivity contribution in [2.45, 2.75) is 44.3 Å². The van der Waals surface area contributed by atoms with Crippen LogP contribution in [-0.2, 0) is 17.9 Å². The number of anilines is 1. The number of carbonyl (C=O) groups is 1. The smallest absolute Gasteiger partial charge is 0.255 e. The van der Waals surface area contributed by atoms with E-state index in [1.54, 1.807) is 12.3 Å². The van der Waals surface area contributed by atoms with Crippen molar-refractivity contribution >= 4 is 23.5 Å². The van der Waals surface area contributed by atoms with Crippen molar-refractivity contribution in [1.82, 2.24) is 20.6 Å². The highest BCUT2D eigenvalue weighted by atomic mass is 35.5. The quantitative estimate of drug-likeness (QED) is 0.657. The molecule has 4 rings (SSSR count). The van der Waals surface area contributed by atoms with Crippen molar-refractivity contribution in [3.63, 3.8) is 0 Å². The van der Waals surface area contributed by atoms with E-state index in [1.807, 2.05) is 12.1 Å². The van der Waals surface area contributed by atoms with E-state index in [4.69, 9.17) is 11.6 Å². The first kappa shape index (κ1) is 19.0. The third kappa shape index (κ3) is 4.39. The van der Waals surface area contributed by atoms with Crippen molar-refractivity contribution in [1.29, 1.82) is 0 Å². The fraction of sp³-hybridized carbons (Fsp3) is 0.421. The molecule has 2 heterocycles. The van der Waals surface area contributed by atoms with Gasteiger partial charge in [-0.25, -0.2) is 18.7 Å². The average molecular weight is 408 g/mol. The van der Waals surface area contributed by atoms with Gasteiger partial charge in [-0.05, 0) is 42.0 Å². The van der Waals surface area contributed by atoms with Crippen LogP contribution in [0.4, 0.5) is 14.7 Å². The Hall–Kier alpha value is -2.32. The number of carbonyl (C=O) groups excluding carboxylic acids is 1. The molecule has 1 aliphatic carbocycles. The summed E-state index contributed by atoms with van der Waals surface area (Å²) in [6.07, 6.45) is 1.23. The van der Waals surface area contributed by atoms with Gasteiger partial charge in [0.1, 0.15) is 6.04 Å². The molecular weight excluding hydrogens is 388 g/mol. The van der Waals surface area contributed by atoms with Crippen LogP contribution in [0.5, 0.6) is 0 Å². The number of amides is 1. The molecule has 0 spiro atoms. The second kappa shape index (κ2) is 7.97. The fourth-order valence-corrected chi connectivity index (χ4v) is 3.54. The van der Waals surface area contributed by atoms with Gasteiger partial charge in [0, 0.05) is 29.9 Å². The molecular formula is C19H20ClF2N5O. The van der Waals surface area contributed by atoms with Gasteiger partial charge in [-0.15, -0.1) is 0 Å². The van der Waals surface area contributed by atoms with E-state index in [1.165, 1.54) is 0 Å². The Morgan fingerprint density at radius 1 is 1.29 bits per heavy atom. The lowest BCUT2D eigenvalue weighted by Gasteiger charge is -2.20. The Morgan fingerprint density at radius 3 is 2.86 bits per heavy atom. The molecule has 0 unspecified atom stereocenters. The molecule has 3 N–H and O–H groups in total. The Morgan fingerprint density at radius 2 is 2.11 bits per heavy atom. The summed E-state index contributed by atoms with van der Waals surface area (Å²) < 4.78 is 25.2. The van der Waals surface area contributed by atoms with Crippen molar-refractivity contribution in [2.75, 3.05) is 11.9 Å². The van der Waals surface area contributed by atoms with Crippen LogP contribution in [0.1, 0.15) is 47.2 Å². The van der Waals surface area contributed by atoms with Crippen molar-refractivity contribution < 1.29 is 13.6 Å². The van der Waals surface area contributed by atoms with Crippen LogP contribution >= 0.6 is 11.6 Å². The van der Waals surface area contributed by atoms with Crippen LogP contribution in [-0.4, -0.2) is 28.8 Å². The minimum Gasteiger partial charge on any atom is -0.348 e. The first-order chi connectivity index (χ1) is 13.5. The molecule has 0 radical (unpaired) electrons. The molecule has 0 saturated heterocycles. The Bertz CT molecular complexity index is 891. The molecule has 6 nitrogen and oxygen atoms in total. The average Bonchev–Trinajstić information content (AvgIpc) is 3.41. The maximum atomic E-state index is 12.7. The summed E-state index contributed by atoms with van der Waals surface area (Å²) in [5.74, 6) is 0.128. The number of hydrogen-bond donors (Lipinski definition) is 3. The maximum Gasteiger partial charge on any atom is 0.255 e. The molecule has 28 heavy (non-hydrogen) atoms. The number of rotatable bonds is 7. The Labute approximate surface area is 166 Å². The summed E-state index contributed by atoms with van der Waals surface area (Å²) in [4.78, 5) is 21.4. The number of benzene rings is 1. The zero-order valence-electron chi connectivity index (χ0n) is 15.0. The van der Waals surface area contributed by atoms with E-state index in [0.29, 0.717) is 29.6 Å². The van der Waals surface area contributed by atoms with E-state index in [0.717, 1.165) is 29.7 Å². The summed E-state index contributed by atoms with van der Waals surface area (Å²) in [5.41, 5.74) is 3.51. The van der Waals surface area contributed by atoms with E-state index in [2.05, 4.69) is 25.9 Å². The summed E-state index contributed by atoms with van der Waals surface area (Å²) >= 11 is 6.26. The monoisotopic (exact) mass is 407 g/mol. The first-order valence-corrected chi connectivity index (χ1v) is 9.55. The van der Waals surface area contributed by atoms with E-state index in [9.17, 15) is 13.6 Å². The number of fused-ring (bicyclic) bond motifs is 1. The second-order valence-electron chi connectivity index (χ2n) is 7.07. The second-order valence-corrected chi connectivity index (χ2v) is 7.51. The molecule has 1 aliphatic heterocycles. The largest absolute Gasteiger partial charge is 0.348 e. The van der Waals surface area contributed by atoms with Crippen molar-refractivity contribution in [3.8, 4) is 0 Å². The van der Waals surface area contributed by atoms with Gasteiger partial charge < -0.3 is 16.0 Å². The molecule has 1 aromatic heterocycles. The highest BCUT2D eigenvalue weighted by molar-refractivity contribution is 6.30. The molecule has 1 aromatic carbocycles. The molecule has 9 heteroatoms. The third-order valence-corrected chi connectivity index (χ3v) is 5.07. The first-order valence-electron chi connectivity index (χ1n) is 9.18. The van der Waals surface area contributed by atoms with Gasteiger partial charge in [0.25, 0.3) is 6.43 Å². The molecule has 1 amide bonds. The Balaban J connectivity index is 1.63. The van der Waals surface area contributed by atoms with Gasteiger partial charge in [0.05, 0.1) is 12.2 Å². The van der Waals surface area contributed by atoms with Crippen LogP contribution in [0, 0.1) is 0 Å². The van der Waals surface area contributed by atoms with Gasteiger partial charge in [-0.2, -0.15) is 0 Å². The maximum absolute atomic E-state index is 12.7. The molecule has 1 fully saturated rings. The lowest BCUT2D eigenvalue weighted by atomic mass is 10.0. The van der Waals surface area contributed by atoms with Crippen LogP contribution in [0.2, 0.25) is 5.02 Å². The predicted molar refractivity (Wildman–Crippen MR) is 101 cm³/mol. The van der Waals surface area contributed by atoms with Gasteiger partial charge in [0.15, 0.2) is 0 Å². The Kier molecular flexibility index (Phi) is 5.41. The SMILES string of the molecule is O=C(NCC(F)F)[C@H](Nc1ncc2c(n1)CNC2)c1cc(Cl)cc(C2CC2)c1.